The van der Waals surface area contributed by atoms with E-state index in [2.05, 4.69) is 4.74 Å². The molecular formula is C11H16F3NO3. The summed E-state index contributed by atoms with van der Waals surface area (Å²) in [5, 5.41) is 1.87. The molecule has 18 heavy (non-hydrogen) atoms. The highest BCUT2D eigenvalue weighted by molar-refractivity contribution is 5.81. The second-order valence-electron chi connectivity index (χ2n) is 4.45. The normalized spacial score (nSPS) is 24.4. The lowest BCUT2D eigenvalue weighted by Crippen LogP contribution is -2.40. The third-order valence-corrected chi connectivity index (χ3v) is 3.19. The molecule has 0 aliphatic heterocycles. The Labute approximate surface area is 103 Å². The van der Waals surface area contributed by atoms with E-state index in [0.717, 1.165) is 0 Å². The van der Waals surface area contributed by atoms with Gasteiger partial charge in [-0.15, -0.1) is 0 Å². The van der Waals surface area contributed by atoms with Crippen LogP contribution in [-0.4, -0.2) is 31.7 Å². The van der Waals surface area contributed by atoms with Crippen LogP contribution in [0.25, 0.3) is 0 Å². The molecule has 0 heterocycles. The zero-order valence-corrected chi connectivity index (χ0v) is 10.0. The Morgan fingerprint density at radius 2 is 1.78 bits per heavy atom. The van der Waals surface area contributed by atoms with Gasteiger partial charge in [-0.1, -0.05) is 0 Å². The number of hydrogen-bond acceptors (Lipinski definition) is 3. The summed E-state index contributed by atoms with van der Waals surface area (Å²) in [5.41, 5.74) is 0. The molecule has 0 radical (unpaired) electrons. The first-order chi connectivity index (χ1) is 8.34. The molecule has 1 aliphatic rings. The van der Waals surface area contributed by atoms with Crippen LogP contribution >= 0.6 is 0 Å². The minimum Gasteiger partial charge on any atom is -0.469 e. The van der Waals surface area contributed by atoms with Gasteiger partial charge in [0.1, 0.15) is 0 Å². The first-order valence-electron chi connectivity index (χ1n) is 5.77. The first kappa shape index (κ1) is 14.8. The van der Waals surface area contributed by atoms with E-state index in [1.54, 1.807) is 0 Å². The fraction of sp³-hybridized carbons (Fsp3) is 0.818. The zero-order chi connectivity index (χ0) is 13.8. The Morgan fingerprint density at radius 1 is 1.22 bits per heavy atom. The van der Waals surface area contributed by atoms with E-state index < -0.39 is 12.1 Å². The number of ether oxygens (including phenoxy) is 1. The van der Waals surface area contributed by atoms with Gasteiger partial charge in [-0.25, -0.2) is 0 Å². The Kier molecular flexibility index (Phi) is 4.98. The van der Waals surface area contributed by atoms with Gasteiger partial charge in [0.2, 0.25) is 0 Å². The number of methoxy groups -OCH3 is 1. The monoisotopic (exact) mass is 267 g/mol. The third kappa shape index (κ3) is 4.19. The quantitative estimate of drug-likeness (QED) is 0.791. The first-order valence-corrected chi connectivity index (χ1v) is 5.77. The van der Waals surface area contributed by atoms with Gasteiger partial charge in [-0.3, -0.25) is 9.59 Å². The Hall–Kier alpha value is -1.27. The molecule has 0 bridgehead atoms. The molecule has 1 rings (SSSR count). The van der Waals surface area contributed by atoms with Gasteiger partial charge < -0.3 is 10.1 Å². The topological polar surface area (TPSA) is 55.4 Å². The number of hydrogen-bond donors (Lipinski definition) is 1. The lowest BCUT2D eigenvalue weighted by atomic mass is 9.82. The van der Waals surface area contributed by atoms with Gasteiger partial charge in [0, 0.05) is 6.54 Å². The van der Waals surface area contributed by atoms with Crippen molar-refractivity contribution in [1.82, 2.24) is 5.32 Å². The average molecular weight is 267 g/mol. The van der Waals surface area contributed by atoms with Crippen molar-refractivity contribution in [2.24, 2.45) is 11.8 Å². The molecule has 0 saturated heterocycles. The van der Waals surface area contributed by atoms with Crippen molar-refractivity contribution in [3.63, 3.8) is 0 Å². The van der Waals surface area contributed by atoms with Crippen molar-refractivity contribution >= 4 is 11.9 Å². The highest BCUT2D eigenvalue weighted by Crippen LogP contribution is 2.29. The Bertz CT molecular complexity index is 309. The fourth-order valence-electron chi connectivity index (χ4n) is 2.11. The molecular weight excluding hydrogens is 251 g/mol. The van der Waals surface area contributed by atoms with E-state index in [1.165, 1.54) is 7.11 Å². The minimum absolute atomic E-state index is 0.00259. The average Bonchev–Trinajstić information content (AvgIpc) is 2.34. The van der Waals surface area contributed by atoms with Gasteiger partial charge >= 0.3 is 18.1 Å². The summed E-state index contributed by atoms with van der Waals surface area (Å²) in [6, 6.07) is 0. The van der Waals surface area contributed by atoms with Crippen LogP contribution in [0, 0.1) is 11.8 Å². The number of esters is 1. The molecule has 1 N–H and O–H groups in total. The molecule has 0 aromatic carbocycles. The van der Waals surface area contributed by atoms with E-state index in [-0.39, 0.29) is 24.3 Å². The molecule has 7 heteroatoms. The number of amides is 1. The maximum absolute atomic E-state index is 11.9. The maximum Gasteiger partial charge on any atom is 0.471 e. The van der Waals surface area contributed by atoms with Crippen LogP contribution in [0.2, 0.25) is 0 Å². The number of nitrogens with one attached hydrogen (secondary N) is 1. The van der Waals surface area contributed by atoms with Crippen molar-refractivity contribution in [3.8, 4) is 0 Å². The standard InChI is InChI=1S/C11H16F3NO3/c1-18-9(16)8-4-2-7(3-5-8)6-15-10(17)11(12,13)14/h7-8H,2-6H2,1H3,(H,15,17). The number of carbonyl (C=O) groups excluding carboxylic acids is 2. The van der Waals surface area contributed by atoms with Crippen LogP contribution in [0.3, 0.4) is 0 Å². The van der Waals surface area contributed by atoms with Gasteiger partial charge in [-0.2, -0.15) is 13.2 Å². The van der Waals surface area contributed by atoms with Crippen molar-refractivity contribution in [1.29, 1.82) is 0 Å². The van der Waals surface area contributed by atoms with Crippen LogP contribution < -0.4 is 5.32 Å². The number of alkyl halides is 3. The smallest absolute Gasteiger partial charge is 0.469 e. The molecule has 1 fully saturated rings. The van der Waals surface area contributed by atoms with Crippen molar-refractivity contribution in [2.45, 2.75) is 31.9 Å². The second kappa shape index (κ2) is 6.06. The van der Waals surface area contributed by atoms with Crippen molar-refractivity contribution < 1.29 is 27.5 Å². The highest BCUT2D eigenvalue weighted by atomic mass is 19.4. The Balaban J connectivity index is 2.28. The van der Waals surface area contributed by atoms with Crippen LogP contribution in [0.4, 0.5) is 13.2 Å². The maximum atomic E-state index is 11.9. The van der Waals surface area contributed by atoms with Gasteiger partial charge in [0.05, 0.1) is 13.0 Å². The number of rotatable bonds is 3. The molecule has 1 saturated carbocycles. The number of halogens is 3. The van der Waals surface area contributed by atoms with E-state index in [4.69, 9.17) is 0 Å². The molecule has 0 atom stereocenters. The summed E-state index contributed by atoms with van der Waals surface area (Å²) >= 11 is 0. The van der Waals surface area contributed by atoms with Crippen molar-refractivity contribution in [2.75, 3.05) is 13.7 Å². The lowest BCUT2D eigenvalue weighted by molar-refractivity contribution is -0.173. The molecule has 0 spiro atoms. The largest absolute Gasteiger partial charge is 0.471 e. The fourth-order valence-corrected chi connectivity index (χ4v) is 2.11. The van der Waals surface area contributed by atoms with Crippen molar-refractivity contribution in [3.05, 3.63) is 0 Å². The molecule has 0 aromatic rings. The summed E-state index contributed by atoms with van der Waals surface area (Å²) in [6.45, 7) is 0.00619. The molecule has 1 aliphatic carbocycles. The highest BCUT2D eigenvalue weighted by Gasteiger charge is 2.38. The van der Waals surface area contributed by atoms with Crippen LogP contribution in [-0.2, 0) is 14.3 Å². The van der Waals surface area contributed by atoms with Gasteiger partial charge in [0.15, 0.2) is 0 Å². The van der Waals surface area contributed by atoms with E-state index in [9.17, 15) is 22.8 Å². The summed E-state index contributed by atoms with van der Waals surface area (Å²) in [6.07, 6.45) is -2.39. The second-order valence-corrected chi connectivity index (χ2v) is 4.45. The van der Waals surface area contributed by atoms with E-state index in [1.807, 2.05) is 5.32 Å². The van der Waals surface area contributed by atoms with E-state index >= 15 is 0 Å². The Morgan fingerprint density at radius 3 is 2.22 bits per heavy atom. The van der Waals surface area contributed by atoms with Crippen LogP contribution in [0.1, 0.15) is 25.7 Å². The predicted octanol–water partition coefficient (Wildman–Crippen LogP) is 1.64. The SMILES string of the molecule is COC(=O)C1CCC(CNC(=O)C(F)(F)F)CC1. The third-order valence-electron chi connectivity index (χ3n) is 3.19. The van der Waals surface area contributed by atoms with Crippen LogP contribution in [0.15, 0.2) is 0 Å². The molecule has 0 unspecified atom stereocenters. The van der Waals surface area contributed by atoms with Gasteiger partial charge in [0.25, 0.3) is 0 Å². The summed E-state index contributed by atoms with van der Waals surface area (Å²) in [4.78, 5) is 21.8. The minimum atomic E-state index is -4.83. The summed E-state index contributed by atoms with van der Waals surface area (Å²) < 4.78 is 40.4. The zero-order valence-electron chi connectivity index (χ0n) is 10.0. The molecule has 1 amide bonds. The molecule has 0 aromatic heterocycles. The molecule has 4 nitrogen and oxygen atoms in total. The summed E-state index contributed by atoms with van der Waals surface area (Å²) in [5.74, 6) is -2.34. The lowest BCUT2D eigenvalue weighted by Gasteiger charge is -2.27. The summed E-state index contributed by atoms with van der Waals surface area (Å²) in [7, 11) is 1.32. The van der Waals surface area contributed by atoms with Crippen LogP contribution in [0.5, 0.6) is 0 Å². The van der Waals surface area contributed by atoms with E-state index in [0.29, 0.717) is 25.7 Å². The van der Waals surface area contributed by atoms with Gasteiger partial charge in [-0.05, 0) is 31.6 Å². The molecule has 104 valence electrons. The predicted molar refractivity (Wildman–Crippen MR) is 56.5 cm³/mol. The number of carbonyl (C=O) groups is 2.